The van der Waals surface area contributed by atoms with Crippen LogP contribution in [0.3, 0.4) is 0 Å². The van der Waals surface area contributed by atoms with E-state index < -0.39 is 23.2 Å². The molecule has 0 unspecified atom stereocenters. The molecule has 3 aromatic rings. The predicted molar refractivity (Wildman–Crippen MR) is 123 cm³/mol. The van der Waals surface area contributed by atoms with Gasteiger partial charge in [0.25, 0.3) is 0 Å². The van der Waals surface area contributed by atoms with Gasteiger partial charge in [0, 0.05) is 23.5 Å². The molecule has 170 valence electrons. The van der Waals surface area contributed by atoms with Gasteiger partial charge >= 0.3 is 12.0 Å². The Morgan fingerprint density at radius 1 is 1.06 bits per heavy atom. The average Bonchev–Trinajstić information content (AvgIpc) is 2.76. The molecule has 1 heterocycles. The minimum atomic E-state index is -0.825. The number of carbonyl (C=O) groups excluding carboxylic acids is 1. The maximum atomic E-state index is 13.1. The lowest BCUT2D eigenvalue weighted by Gasteiger charge is -2.36. The quantitative estimate of drug-likeness (QED) is 0.405. The summed E-state index contributed by atoms with van der Waals surface area (Å²) in [6.45, 7) is 0.111. The number of rotatable bonds is 7. The Morgan fingerprint density at radius 2 is 1.79 bits per heavy atom. The molecule has 1 aliphatic carbocycles. The van der Waals surface area contributed by atoms with E-state index in [-0.39, 0.29) is 11.6 Å². The highest BCUT2D eigenvalue weighted by Crippen LogP contribution is 2.41. The van der Waals surface area contributed by atoms with Crippen LogP contribution in [0.25, 0.3) is 11.1 Å². The van der Waals surface area contributed by atoms with Crippen LogP contribution in [0.4, 0.5) is 20.6 Å². The van der Waals surface area contributed by atoms with E-state index in [0.29, 0.717) is 30.1 Å². The second-order valence-corrected chi connectivity index (χ2v) is 8.30. The molecule has 0 saturated heterocycles. The van der Waals surface area contributed by atoms with Crippen LogP contribution in [0.15, 0.2) is 60.8 Å². The number of urea groups is 1. The molecule has 1 aliphatic rings. The first-order chi connectivity index (χ1) is 15.8. The molecule has 9 heteroatoms. The minimum absolute atomic E-state index is 0.103. The van der Waals surface area contributed by atoms with Crippen molar-refractivity contribution in [3.63, 3.8) is 0 Å². The van der Waals surface area contributed by atoms with Crippen LogP contribution in [0, 0.1) is 11.2 Å². The van der Waals surface area contributed by atoms with E-state index in [2.05, 4.69) is 15.6 Å². The highest BCUT2D eigenvalue weighted by atomic mass is 35.5. The fourth-order valence-electron chi connectivity index (χ4n) is 3.49. The number of nitrogens with one attached hydrogen (secondary N) is 2. The summed E-state index contributed by atoms with van der Waals surface area (Å²) in [6, 6.07) is 13.9. The number of carboxylic acid groups (broad SMARTS) is 1. The van der Waals surface area contributed by atoms with Crippen molar-refractivity contribution < 1.29 is 23.8 Å². The van der Waals surface area contributed by atoms with Crippen molar-refractivity contribution in [1.82, 2.24) is 4.98 Å². The van der Waals surface area contributed by atoms with E-state index in [9.17, 15) is 19.1 Å². The number of benzene rings is 2. The summed E-state index contributed by atoms with van der Waals surface area (Å²) in [5.74, 6) is -0.938. The number of carbonyl (C=O) groups is 2. The third-order valence-corrected chi connectivity index (χ3v) is 5.97. The van der Waals surface area contributed by atoms with Gasteiger partial charge in [0.2, 0.25) is 5.88 Å². The molecule has 2 amide bonds. The molecule has 0 atom stereocenters. The van der Waals surface area contributed by atoms with E-state index in [0.717, 1.165) is 23.6 Å². The van der Waals surface area contributed by atoms with Gasteiger partial charge in [-0.05, 0) is 54.8 Å². The number of anilines is 2. The Labute approximate surface area is 194 Å². The van der Waals surface area contributed by atoms with Crippen LogP contribution in [0.5, 0.6) is 5.88 Å². The Hall–Kier alpha value is -3.65. The number of aromatic nitrogens is 1. The molecule has 7 nitrogen and oxygen atoms in total. The molecular formula is C24H21ClFN3O4. The average molecular weight is 470 g/mol. The largest absolute Gasteiger partial charge is 0.481 e. The van der Waals surface area contributed by atoms with Gasteiger partial charge < -0.3 is 20.5 Å². The Balaban J connectivity index is 1.34. The van der Waals surface area contributed by atoms with Crippen molar-refractivity contribution in [3.8, 4) is 17.0 Å². The number of hydrogen-bond donors (Lipinski definition) is 3. The number of aliphatic carboxylic acids is 1. The maximum absolute atomic E-state index is 13.1. The summed E-state index contributed by atoms with van der Waals surface area (Å²) in [5, 5.41) is 14.7. The fraction of sp³-hybridized carbons (Fsp3) is 0.208. The van der Waals surface area contributed by atoms with Crippen LogP contribution in [-0.4, -0.2) is 28.7 Å². The lowest BCUT2D eigenvalue weighted by molar-refractivity contribution is -0.157. The van der Waals surface area contributed by atoms with Crippen molar-refractivity contribution in [2.24, 2.45) is 5.41 Å². The van der Waals surface area contributed by atoms with Crippen molar-refractivity contribution in [2.45, 2.75) is 19.3 Å². The lowest BCUT2D eigenvalue weighted by atomic mass is 9.69. The second kappa shape index (κ2) is 9.46. The molecule has 0 spiro atoms. The molecule has 1 saturated carbocycles. The maximum Gasteiger partial charge on any atom is 0.323 e. The van der Waals surface area contributed by atoms with Crippen LogP contribution in [-0.2, 0) is 4.79 Å². The Bertz CT molecular complexity index is 1170. The summed E-state index contributed by atoms with van der Waals surface area (Å²) >= 11 is 5.92. The monoisotopic (exact) mass is 469 g/mol. The van der Waals surface area contributed by atoms with Crippen molar-refractivity contribution in [1.29, 1.82) is 0 Å². The van der Waals surface area contributed by atoms with E-state index in [1.165, 1.54) is 12.1 Å². The molecule has 3 N–H and O–H groups in total. The first-order valence-corrected chi connectivity index (χ1v) is 10.7. The van der Waals surface area contributed by atoms with Crippen LogP contribution >= 0.6 is 11.6 Å². The van der Waals surface area contributed by atoms with Gasteiger partial charge in [0.15, 0.2) is 0 Å². The zero-order chi connectivity index (χ0) is 23.4. The minimum Gasteiger partial charge on any atom is -0.481 e. The van der Waals surface area contributed by atoms with Gasteiger partial charge in [-0.2, -0.15) is 0 Å². The summed E-state index contributed by atoms with van der Waals surface area (Å²) in [6.07, 6.45) is 3.79. The smallest absolute Gasteiger partial charge is 0.323 e. The van der Waals surface area contributed by atoms with E-state index in [1.54, 1.807) is 24.4 Å². The van der Waals surface area contributed by atoms with Gasteiger partial charge in [-0.1, -0.05) is 30.2 Å². The van der Waals surface area contributed by atoms with Crippen molar-refractivity contribution >= 4 is 35.0 Å². The highest BCUT2D eigenvalue weighted by molar-refractivity contribution is 6.33. The summed E-state index contributed by atoms with van der Waals surface area (Å²) in [4.78, 5) is 27.9. The molecule has 4 rings (SSSR count). The molecule has 2 aromatic carbocycles. The van der Waals surface area contributed by atoms with Crippen molar-refractivity contribution in [2.75, 3.05) is 17.2 Å². The third-order valence-electron chi connectivity index (χ3n) is 5.65. The molecular weight excluding hydrogens is 449 g/mol. The SMILES string of the molecule is O=C(Nc1ccc(-c2ccc(OCC3(C(=O)O)CCC3)nc2)cc1)Nc1ccc(F)cc1Cl. The molecule has 0 bridgehead atoms. The topological polar surface area (TPSA) is 101 Å². The van der Waals surface area contributed by atoms with Gasteiger partial charge in [-0.3, -0.25) is 4.79 Å². The number of hydrogen-bond acceptors (Lipinski definition) is 4. The Kier molecular flexibility index (Phi) is 6.46. The van der Waals surface area contributed by atoms with Gasteiger partial charge in [-0.15, -0.1) is 0 Å². The molecule has 0 aliphatic heterocycles. The van der Waals surface area contributed by atoms with E-state index in [4.69, 9.17) is 16.3 Å². The first-order valence-electron chi connectivity index (χ1n) is 10.3. The summed E-state index contributed by atoms with van der Waals surface area (Å²) in [5.41, 5.74) is 1.78. The predicted octanol–water partition coefficient (Wildman–Crippen LogP) is 5.82. The van der Waals surface area contributed by atoms with Crippen molar-refractivity contribution in [3.05, 3.63) is 71.6 Å². The molecule has 1 aromatic heterocycles. The standard InChI is InChI=1S/C24H21ClFN3O4/c25-19-12-17(26)5-8-20(19)29-23(32)28-18-6-2-15(3-7-18)16-4-9-21(27-13-16)33-14-24(22(30)31)10-1-11-24/h2-9,12-13H,1,10-11,14H2,(H,30,31)(H2,28,29,32). The van der Waals surface area contributed by atoms with Gasteiger partial charge in [0.05, 0.1) is 10.7 Å². The van der Waals surface area contributed by atoms with Crippen LogP contribution in [0.1, 0.15) is 19.3 Å². The molecule has 1 fully saturated rings. The molecule has 0 radical (unpaired) electrons. The van der Waals surface area contributed by atoms with Gasteiger partial charge in [-0.25, -0.2) is 14.2 Å². The molecule has 33 heavy (non-hydrogen) atoms. The zero-order valence-corrected chi connectivity index (χ0v) is 18.2. The first kappa shape index (κ1) is 22.5. The number of halogens is 2. The normalized spacial score (nSPS) is 14.1. The number of amides is 2. The lowest BCUT2D eigenvalue weighted by Crippen LogP contribution is -2.43. The van der Waals surface area contributed by atoms with E-state index >= 15 is 0 Å². The third kappa shape index (κ3) is 5.23. The van der Waals surface area contributed by atoms with Crippen LogP contribution < -0.4 is 15.4 Å². The number of nitrogens with zero attached hydrogens (tertiary/aromatic N) is 1. The summed E-state index contributed by atoms with van der Waals surface area (Å²) < 4.78 is 18.7. The summed E-state index contributed by atoms with van der Waals surface area (Å²) in [7, 11) is 0. The van der Waals surface area contributed by atoms with Gasteiger partial charge in [0.1, 0.15) is 17.8 Å². The number of carboxylic acids is 1. The van der Waals surface area contributed by atoms with E-state index in [1.807, 2.05) is 18.2 Å². The highest BCUT2D eigenvalue weighted by Gasteiger charge is 2.45. The number of pyridine rings is 1. The fourth-order valence-corrected chi connectivity index (χ4v) is 3.71. The Morgan fingerprint density at radius 3 is 2.36 bits per heavy atom. The zero-order valence-electron chi connectivity index (χ0n) is 17.5. The number of ether oxygens (including phenoxy) is 1. The second-order valence-electron chi connectivity index (χ2n) is 7.89. The van der Waals surface area contributed by atoms with Crippen LogP contribution in [0.2, 0.25) is 5.02 Å².